The van der Waals surface area contributed by atoms with Gasteiger partial charge in [-0.05, 0) is 6.07 Å². The fourth-order valence-corrected chi connectivity index (χ4v) is 1.50. The number of nitrogens with zero attached hydrogens (tertiary/aromatic N) is 1. The van der Waals surface area contributed by atoms with Crippen LogP contribution in [0.5, 0.6) is 0 Å². The molecule has 68 valence electrons. The summed E-state index contributed by atoms with van der Waals surface area (Å²) in [6, 6.07) is 2.92. The molecule has 2 rings (SSSR count). The largest absolute Gasteiger partial charge is 0.443 e. The number of aromatic nitrogens is 1. The summed E-state index contributed by atoms with van der Waals surface area (Å²) >= 11 is 0. The van der Waals surface area contributed by atoms with Gasteiger partial charge in [0.05, 0.1) is 0 Å². The molecule has 0 saturated carbocycles. The van der Waals surface area contributed by atoms with Crippen molar-refractivity contribution >= 4 is 21.0 Å². The zero-order chi connectivity index (χ0) is 9.47. The van der Waals surface area contributed by atoms with E-state index in [9.17, 15) is 8.42 Å². The molecule has 0 aliphatic rings. The van der Waals surface area contributed by atoms with Crippen molar-refractivity contribution in [2.75, 3.05) is 0 Å². The van der Waals surface area contributed by atoms with Crippen molar-refractivity contribution in [1.82, 2.24) is 4.98 Å². The van der Waals surface area contributed by atoms with Gasteiger partial charge in [-0.15, -0.1) is 0 Å². The van der Waals surface area contributed by atoms with Crippen LogP contribution >= 0.6 is 0 Å². The third-order valence-corrected chi connectivity index (χ3v) is 2.34. The lowest BCUT2D eigenvalue weighted by atomic mass is 10.3. The molecule has 2 aromatic heterocycles. The first kappa shape index (κ1) is 8.21. The second kappa shape index (κ2) is 2.54. The van der Waals surface area contributed by atoms with Gasteiger partial charge in [0, 0.05) is 23.8 Å². The van der Waals surface area contributed by atoms with Crippen molar-refractivity contribution in [2.24, 2.45) is 5.14 Å². The first-order valence-corrected chi connectivity index (χ1v) is 4.98. The Morgan fingerprint density at radius 1 is 1.46 bits per heavy atom. The van der Waals surface area contributed by atoms with Crippen LogP contribution in [0.25, 0.3) is 11.0 Å². The van der Waals surface area contributed by atoms with E-state index in [-0.39, 0.29) is 5.09 Å². The Balaban J connectivity index is 2.77. The van der Waals surface area contributed by atoms with Crippen LogP contribution in [0.2, 0.25) is 0 Å². The minimum atomic E-state index is -3.76. The van der Waals surface area contributed by atoms with Gasteiger partial charge < -0.3 is 4.42 Å². The van der Waals surface area contributed by atoms with Crippen molar-refractivity contribution in [2.45, 2.75) is 5.09 Å². The van der Waals surface area contributed by atoms with E-state index in [1.807, 2.05) is 0 Å². The van der Waals surface area contributed by atoms with Gasteiger partial charge in [0.15, 0.2) is 0 Å². The van der Waals surface area contributed by atoms with E-state index < -0.39 is 10.0 Å². The van der Waals surface area contributed by atoms with Gasteiger partial charge >= 0.3 is 0 Å². The van der Waals surface area contributed by atoms with Gasteiger partial charge in [-0.1, -0.05) is 0 Å². The van der Waals surface area contributed by atoms with Gasteiger partial charge in [0.2, 0.25) is 5.09 Å². The summed E-state index contributed by atoms with van der Waals surface area (Å²) in [6.07, 6.45) is 3.02. The highest BCUT2D eigenvalue weighted by Crippen LogP contribution is 2.20. The minimum absolute atomic E-state index is 0.240. The van der Waals surface area contributed by atoms with E-state index in [0.717, 1.165) is 0 Å². The van der Waals surface area contributed by atoms with E-state index in [1.54, 1.807) is 6.07 Å². The molecule has 0 bridgehead atoms. The Bertz CT molecular complexity index is 511. The SMILES string of the molecule is NS(=O)(=O)c1cc2cnccc2o1. The smallest absolute Gasteiger partial charge is 0.271 e. The van der Waals surface area contributed by atoms with Crippen LogP contribution in [-0.4, -0.2) is 13.4 Å². The standard InChI is InChI=1S/C7H6N2O3S/c8-13(10,11)7-3-5-4-9-2-1-6(5)12-7/h1-4H,(H2,8,10,11). The third kappa shape index (κ3) is 1.41. The summed E-state index contributed by atoms with van der Waals surface area (Å²) < 4.78 is 26.7. The molecule has 0 amide bonds. The number of primary sulfonamides is 1. The number of nitrogens with two attached hydrogens (primary N) is 1. The molecule has 5 nitrogen and oxygen atoms in total. The van der Waals surface area contributed by atoms with Crippen molar-refractivity contribution in [3.8, 4) is 0 Å². The van der Waals surface area contributed by atoms with Crippen molar-refractivity contribution < 1.29 is 12.8 Å². The van der Waals surface area contributed by atoms with E-state index in [4.69, 9.17) is 9.56 Å². The number of pyridine rings is 1. The van der Waals surface area contributed by atoms with Crippen LogP contribution in [-0.2, 0) is 10.0 Å². The Hall–Kier alpha value is -1.40. The lowest BCUT2D eigenvalue weighted by Crippen LogP contribution is -2.10. The summed E-state index contributed by atoms with van der Waals surface area (Å²) in [4.78, 5) is 3.81. The highest BCUT2D eigenvalue weighted by Gasteiger charge is 2.13. The predicted molar refractivity (Wildman–Crippen MR) is 45.4 cm³/mol. The van der Waals surface area contributed by atoms with Gasteiger partial charge in [-0.25, -0.2) is 13.6 Å². The van der Waals surface area contributed by atoms with E-state index in [0.29, 0.717) is 11.0 Å². The zero-order valence-electron chi connectivity index (χ0n) is 6.47. The van der Waals surface area contributed by atoms with E-state index in [1.165, 1.54) is 18.5 Å². The number of hydrogen-bond acceptors (Lipinski definition) is 4. The molecule has 0 radical (unpaired) electrons. The normalized spacial score (nSPS) is 12.1. The molecular weight excluding hydrogens is 192 g/mol. The van der Waals surface area contributed by atoms with Gasteiger partial charge in [0.1, 0.15) is 5.58 Å². The number of sulfonamides is 1. The monoisotopic (exact) mass is 198 g/mol. The fraction of sp³-hybridized carbons (Fsp3) is 0. The molecule has 2 aromatic rings. The molecule has 0 fully saturated rings. The first-order chi connectivity index (χ1) is 6.07. The first-order valence-electron chi connectivity index (χ1n) is 3.44. The average molecular weight is 198 g/mol. The highest BCUT2D eigenvalue weighted by molar-refractivity contribution is 7.89. The summed E-state index contributed by atoms with van der Waals surface area (Å²) in [5, 5.41) is 5.26. The summed E-state index contributed by atoms with van der Waals surface area (Å²) in [5.74, 6) is 0. The van der Waals surface area contributed by atoms with Gasteiger partial charge in [0.25, 0.3) is 10.0 Å². The van der Waals surface area contributed by atoms with Crippen LogP contribution in [0.4, 0.5) is 0 Å². The molecule has 0 saturated heterocycles. The summed E-state index contributed by atoms with van der Waals surface area (Å²) in [5.41, 5.74) is 0.457. The van der Waals surface area contributed by atoms with Crippen LogP contribution in [0.15, 0.2) is 34.0 Å². The summed E-state index contributed by atoms with van der Waals surface area (Å²) in [7, 11) is -3.76. The zero-order valence-corrected chi connectivity index (χ0v) is 7.28. The number of rotatable bonds is 1. The number of fused-ring (bicyclic) bond motifs is 1. The maximum atomic E-state index is 10.9. The molecule has 6 heteroatoms. The molecule has 2 heterocycles. The predicted octanol–water partition coefficient (Wildman–Crippen LogP) is 0.475. The van der Waals surface area contributed by atoms with Crippen LogP contribution in [0.3, 0.4) is 0 Å². The maximum Gasteiger partial charge on any atom is 0.271 e. The highest BCUT2D eigenvalue weighted by atomic mass is 32.2. The second-order valence-corrected chi connectivity index (χ2v) is 4.02. The van der Waals surface area contributed by atoms with Crippen LogP contribution < -0.4 is 5.14 Å². The molecule has 0 aliphatic heterocycles. The van der Waals surface area contributed by atoms with Gasteiger partial charge in [-0.3, -0.25) is 4.98 Å². The molecule has 0 aromatic carbocycles. The lowest BCUT2D eigenvalue weighted by Gasteiger charge is -1.87. The van der Waals surface area contributed by atoms with Crippen molar-refractivity contribution in [1.29, 1.82) is 0 Å². The number of furan rings is 1. The second-order valence-electron chi connectivity index (χ2n) is 2.52. The maximum absolute atomic E-state index is 10.9. The Morgan fingerprint density at radius 2 is 2.23 bits per heavy atom. The molecule has 13 heavy (non-hydrogen) atoms. The summed E-state index contributed by atoms with van der Waals surface area (Å²) in [6.45, 7) is 0. The molecule has 0 unspecified atom stereocenters. The van der Waals surface area contributed by atoms with Crippen molar-refractivity contribution in [3.05, 3.63) is 24.5 Å². The van der Waals surface area contributed by atoms with E-state index in [2.05, 4.69) is 4.98 Å². The Kier molecular flexibility index (Phi) is 1.61. The average Bonchev–Trinajstić information content (AvgIpc) is 2.45. The van der Waals surface area contributed by atoms with Crippen LogP contribution in [0, 0.1) is 0 Å². The quantitative estimate of drug-likeness (QED) is 0.721. The Morgan fingerprint density at radius 3 is 2.85 bits per heavy atom. The molecule has 0 aliphatic carbocycles. The molecule has 0 spiro atoms. The molecular formula is C7H6N2O3S. The fourth-order valence-electron chi connectivity index (χ4n) is 1.00. The van der Waals surface area contributed by atoms with Crippen molar-refractivity contribution in [3.63, 3.8) is 0 Å². The van der Waals surface area contributed by atoms with Gasteiger partial charge in [-0.2, -0.15) is 0 Å². The topological polar surface area (TPSA) is 86.2 Å². The molecule has 0 atom stereocenters. The number of hydrogen-bond donors (Lipinski definition) is 1. The Labute approximate surface area is 74.2 Å². The third-order valence-electron chi connectivity index (χ3n) is 1.57. The van der Waals surface area contributed by atoms with E-state index >= 15 is 0 Å². The van der Waals surface area contributed by atoms with Crippen LogP contribution in [0.1, 0.15) is 0 Å². The lowest BCUT2D eigenvalue weighted by molar-refractivity contribution is 0.482. The molecule has 2 N–H and O–H groups in total. The minimum Gasteiger partial charge on any atom is -0.443 e.